The number of hydrogen-bond donors (Lipinski definition) is 2. The van der Waals surface area contributed by atoms with Crippen molar-refractivity contribution in [3.8, 4) is 0 Å². The number of nitrogens with one attached hydrogen (secondary N) is 2. The highest BCUT2D eigenvalue weighted by Crippen LogP contribution is 2.37. The van der Waals surface area contributed by atoms with Crippen LogP contribution in [0.15, 0.2) is 18.2 Å². The first-order valence-corrected chi connectivity index (χ1v) is 9.11. The molecule has 3 atom stereocenters. The van der Waals surface area contributed by atoms with E-state index in [1.165, 1.54) is 11.0 Å². The van der Waals surface area contributed by atoms with E-state index in [1.54, 1.807) is 12.1 Å². The van der Waals surface area contributed by atoms with Crippen LogP contribution in [0.25, 0.3) is 0 Å². The number of carbonyl (C=O) groups is 2. The van der Waals surface area contributed by atoms with Crippen LogP contribution in [0.4, 0.5) is 9.18 Å². The smallest absolute Gasteiger partial charge is 0.323 e. The van der Waals surface area contributed by atoms with E-state index in [9.17, 15) is 14.0 Å². The Labute approximate surface area is 152 Å². The molecule has 2 fully saturated rings. The van der Waals surface area contributed by atoms with Gasteiger partial charge in [0.1, 0.15) is 17.9 Å². The highest BCUT2D eigenvalue weighted by molar-refractivity contribution is 6.31. The fraction of sp³-hybridized carbons (Fsp3) is 0.556. The number of imide groups is 1. The summed E-state index contributed by atoms with van der Waals surface area (Å²) in [5, 5.41) is 3.29. The summed E-state index contributed by atoms with van der Waals surface area (Å²) in [6.45, 7) is 2.51. The molecule has 1 aromatic rings. The molecule has 3 rings (SSSR count). The predicted molar refractivity (Wildman–Crippen MR) is 92.6 cm³/mol. The minimum atomic E-state index is -0.759. The van der Waals surface area contributed by atoms with Crippen molar-refractivity contribution in [2.75, 3.05) is 13.7 Å². The van der Waals surface area contributed by atoms with Gasteiger partial charge in [-0.05, 0) is 30.9 Å². The molecule has 7 heteroatoms. The molecule has 1 aliphatic carbocycles. The first kappa shape index (κ1) is 18.1. The molecule has 0 aromatic heterocycles. The molecular weight excluding hydrogens is 345 g/mol. The largest absolute Gasteiger partial charge is 0.329 e. The molecule has 1 unspecified atom stereocenters. The summed E-state index contributed by atoms with van der Waals surface area (Å²) >= 11 is 6.07. The molecule has 1 heterocycles. The maximum atomic E-state index is 14.0. The van der Waals surface area contributed by atoms with Gasteiger partial charge in [-0.1, -0.05) is 37.4 Å². The summed E-state index contributed by atoms with van der Waals surface area (Å²) in [4.78, 5) is 27.4. The Morgan fingerprint density at radius 1 is 1.40 bits per heavy atom. The van der Waals surface area contributed by atoms with Crippen molar-refractivity contribution in [3.05, 3.63) is 34.6 Å². The zero-order valence-corrected chi connectivity index (χ0v) is 15.3. The second-order valence-electron chi connectivity index (χ2n) is 7.27. The monoisotopic (exact) mass is 368 g/mol. The normalized spacial score (nSPS) is 27.7. The van der Waals surface area contributed by atoms with Crippen LogP contribution in [0, 0.1) is 11.7 Å². The molecular formula is C18H24ClFN3O2+. The van der Waals surface area contributed by atoms with E-state index in [0.29, 0.717) is 23.6 Å². The molecule has 1 spiro atoms. The molecule has 0 bridgehead atoms. The maximum Gasteiger partial charge on any atom is 0.329 e. The van der Waals surface area contributed by atoms with Gasteiger partial charge in [-0.3, -0.25) is 4.79 Å². The van der Waals surface area contributed by atoms with Crippen molar-refractivity contribution in [1.29, 1.82) is 0 Å². The van der Waals surface area contributed by atoms with Gasteiger partial charge in [-0.2, -0.15) is 0 Å². The van der Waals surface area contributed by atoms with E-state index in [0.717, 1.165) is 24.2 Å². The highest BCUT2D eigenvalue weighted by atomic mass is 35.5. The fourth-order valence-corrected chi connectivity index (χ4v) is 4.20. The summed E-state index contributed by atoms with van der Waals surface area (Å²) in [5.41, 5.74) is -0.361. The van der Waals surface area contributed by atoms with Gasteiger partial charge < -0.3 is 10.2 Å². The maximum absolute atomic E-state index is 14.0. The molecule has 1 saturated carbocycles. The summed E-state index contributed by atoms with van der Waals surface area (Å²) < 4.78 is 14.0. The van der Waals surface area contributed by atoms with Crippen LogP contribution in [0.1, 0.15) is 38.2 Å². The molecule has 0 radical (unpaired) electrons. The lowest BCUT2D eigenvalue weighted by Crippen LogP contribution is -3.09. The fourth-order valence-electron chi connectivity index (χ4n) is 3.97. The molecule has 2 aliphatic rings. The van der Waals surface area contributed by atoms with Crippen LogP contribution >= 0.6 is 11.6 Å². The van der Waals surface area contributed by atoms with E-state index in [2.05, 4.69) is 5.32 Å². The van der Waals surface area contributed by atoms with Crippen LogP contribution < -0.4 is 10.2 Å². The molecule has 25 heavy (non-hydrogen) atoms. The van der Waals surface area contributed by atoms with Gasteiger partial charge in [0, 0.05) is 0 Å². The second kappa shape index (κ2) is 6.92. The van der Waals surface area contributed by atoms with Crippen molar-refractivity contribution in [2.24, 2.45) is 5.92 Å². The lowest BCUT2D eigenvalue weighted by atomic mass is 9.73. The number of rotatable bonds is 4. The minimum absolute atomic E-state index is 0.129. The van der Waals surface area contributed by atoms with E-state index < -0.39 is 5.54 Å². The van der Waals surface area contributed by atoms with Crippen LogP contribution in [-0.2, 0) is 11.3 Å². The van der Waals surface area contributed by atoms with E-state index in [4.69, 9.17) is 11.6 Å². The number of halogens is 2. The first-order chi connectivity index (χ1) is 11.8. The second-order valence-corrected chi connectivity index (χ2v) is 7.68. The van der Waals surface area contributed by atoms with Gasteiger partial charge in [0.15, 0.2) is 6.67 Å². The number of nitrogens with zero attached hydrogens (tertiary/aromatic N) is 1. The van der Waals surface area contributed by atoms with Crippen molar-refractivity contribution in [2.45, 2.75) is 44.7 Å². The Morgan fingerprint density at radius 2 is 2.16 bits per heavy atom. The lowest BCUT2D eigenvalue weighted by molar-refractivity contribution is -0.901. The van der Waals surface area contributed by atoms with Gasteiger partial charge in [0.25, 0.3) is 5.91 Å². The van der Waals surface area contributed by atoms with Crippen LogP contribution in [0.2, 0.25) is 5.02 Å². The zero-order valence-electron chi connectivity index (χ0n) is 14.6. The van der Waals surface area contributed by atoms with Crippen LogP contribution in [0.5, 0.6) is 0 Å². The Kier molecular flexibility index (Phi) is 5.02. The number of benzene rings is 1. The minimum Gasteiger partial charge on any atom is -0.323 e. The Balaban J connectivity index is 1.72. The van der Waals surface area contributed by atoms with Gasteiger partial charge in [-0.25, -0.2) is 14.1 Å². The molecule has 1 aliphatic heterocycles. The third-order valence-electron chi connectivity index (χ3n) is 5.47. The molecule has 1 aromatic carbocycles. The van der Waals surface area contributed by atoms with Crippen molar-refractivity contribution < 1.29 is 18.9 Å². The molecule has 136 valence electrons. The first-order valence-electron chi connectivity index (χ1n) is 8.73. The zero-order chi connectivity index (χ0) is 18.2. The average Bonchev–Trinajstić information content (AvgIpc) is 2.79. The Hall–Kier alpha value is -1.66. The van der Waals surface area contributed by atoms with Crippen molar-refractivity contribution in [1.82, 2.24) is 10.2 Å². The molecule has 1 saturated heterocycles. The summed E-state index contributed by atoms with van der Waals surface area (Å²) in [7, 11) is 1.82. The van der Waals surface area contributed by atoms with E-state index in [1.807, 2.05) is 14.0 Å². The van der Waals surface area contributed by atoms with E-state index in [-0.39, 0.29) is 30.3 Å². The summed E-state index contributed by atoms with van der Waals surface area (Å²) in [6.07, 6.45) is 3.65. The topological polar surface area (TPSA) is 53.9 Å². The van der Waals surface area contributed by atoms with Gasteiger partial charge in [0.05, 0.1) is 17.6 Å². The van der Waals surface area contributed by atoms with Gasteiger partial charge >= 0.3 is 6.03 Å². The summed E-state index contributed by atoms with van der Waals surface area (Å²) in [6, 6.07) is 4.21. The SMILES string of the molecule is C[C@H]1CCCC[C@]12NC(=O)N(C[NH+](C)Cc1c(F)cccc1Cl)C2=O. The van der Waals surface area contributed by atoms with Crippen molar-refractivity contribution in [3.63, 3.8) is 0 Å². The number of carbonyl (C=O) groups excluding carboxylic acids is 2. The molecule has 3 amide bonds. The lowest BCUT2D eigenvalue weighted by Gasteiger charge is -2.36. The Morgan fingerprint density at radius 3 is 2.84 bits per heavy atom. The molecule has 2 N–H and O–H groups in total. The third kappa shape index (κ3) is 3.25. The van der Waals surface area contributed by atoms with Crippen LogP contribution in [-0.4, -0.2) is 36.1 Å². The van der Waals surface area contributed by atoms with Crippen molar-refractivity contribution >= 4 is 23.5 Å². The number of urea groups is 1. The number of amides is 3. The van der Waals surface area contributed by atoms with Gasteiger partial charge in [0.2, 0.25) is 0 Å². The molecule has 5 nitrogen and oxygen atoms in total. The quantitative estimate of drug-likeness (QED) is 0.798. The Bertz CT molecular complexity index is 679. The van der Waals surface area contributed by atoms with Gasteiger partial charge in [-0.15, -0.1) is 0 Å². The predicted octanol–water partition coefficient (Wildman–Crippen LogP) is 1.95. The van der Waals surface area contributed by atoms with E-state index >= 15 is 0 Å². The third-order valence-corrected chi connectivity index (χ3v) is 5.82. The van der Waals surface area contributed by atoms with Crippen LogP contribution in [0.3, 0.4) is 0 Å². The summed E-state index contributed by atoms with van der Waals surface area (Å²) in [5.74, 6) is -0.394. The number of hydrogen-bond acceptors (Lipinski definition) is 2. The standard InChI is InChI=1S/C18H23ClFN3O2/c1-12-6-3-4-9-18(12)16(24)23(17(25)21-18)11-22(2)10-13-14(19)7-5-8-15(13)20/h5,7-8,12H,3-4,6,9-11H2,1-2H3,(H,21,25)/p+1/t12-,18-/m0/s1. The number of quaternary nitrogens is 1. The highest BCUT2D eigenvalue weighted by Gasteiger charge is 2.55. The average molecular weight is 369 g/mol.